The molecule has 20 heavy (non-hydrogen) atoms. The molecule has 1 unspecified atom stereocenters. The van der Waals surface area contributed by atoms with Crippen molar-refractivity contribution in [1.82, 2.24) is 10.2 Å². The van der Waals surface area contributed by atoms with Crippen molar-refractivity contribution in [3.63, 3.8) is 0 Å². The normalized spacial score (nSPS) is 26.1. The van der Waals surface area contributed by atoms with E-state index in [-0.39, 0.29) is 5.91 Å². The van der Waals surface area contributed by atoms with Crippen molar-refractivity contribution in [2.75, 3.05) is 26.8 Å². The molecule has 0 aromatic rings. The Labute approximate surface area is 123 Å². The lowest BCUT2D eigenvalue weighted by atomic mass is 10.00. The van der Waals surface area contributed by atoms with Crippen LogP contribution >= 0.6 is 0 Å². The zero-order chi connectivity index (χ0) is 14.2. The zero-order valence-corrected chi connectivity index (χ0v) is 12.9. The number of likely N-dealkylation sites (tertiary alicyclic amines) is 1. The Morgan fingerprint density at radius 2 is 1.90 bits per heavy atom. The summed E-state index contributed by atoms with van der Waals surface area (Å²) in [4.78, 5) is 14.4. The van der Waals surface area contributed by atoms with Crippen molar-refractivity contribution < 1.29 is 9.53 Å². The molecule has 2 fully saturated rings. The van der Waals surface area contributed by atoms with Gasteiger partial charge in [-0.05, 0) is 32.2 Å². The van der Waals surface area contributed by atoms with Gasteiger partial charge in [0.15, 0.2) is 0 Å². The molecule has 1 aliphatic carbocycles. The fraction of sp³-hybridized carbons (Fsp3) is 0.938. The van der Waals surface area contributed by atoms with Gasteiger partial charge in [0.25, 0.3) is 0 Å². The minimum absolute atomic E-state index is 0.138. The van der Waals surface area contributed by atoms with Crippen molar-refractivity contribution >= 4 is 5.91 Å². The van der Waals surface area contributed by atoms with Crippen LogP contribution in [-0.2, 0) is 9.53 Å². The van der Waals surface area contributed by atoms with E-state index in [1.165, 1.54) is 51.5 Å². The van der Waals surface area contributed by atoms with Crippen LogP contribution in [0.3, 0.4) is 0 Å². The Hall–Kier alpha value is -0.610. The molecule has 0 aromatic heterocycles. The summed E-state index contributed by atoms with van der Waals surface area (Å²) in [5, 5.41) is 3.18. The van der Waals surface area contributed by atoms with Crippen LogP contribution < -0.4 is 5.32 Å². The molecule has 1 N–H and O–H groups in total. The van der Waals surface area contributed by atoms with E-state index in [1.807, 2.05) is 0 Å². The first-order valence-electron chi connectivity index (χ1n) is 8.32. The Morgan fingerprint density at radius 1 is 1.15 bits per heavy atom. The lowest BCUT2D eigenvalue weighted by molar-refractivity contribution is -0.123. The second kappa shape index (κ2) is 8.63. The SMILES string of the molecule is COCCC(=O)NC1CCCN(C2CCCCCC2)C1. The molecule has 4 heteroatoms. The summed E-state index contributed by atoms with van der Waals surface area (Å²) in [7, 11) is 1.64. The minimum atomic E-state index is 0.138. The Morgan fingerprint density at radius 3 is 2.60 bits per heavy atom. The molecule has 0 spiro atoms. The van der Waals surface area contributed by atoms with E-state index in [0.29, 0.717) is 19.1 Å². The van der Waals surface area contributed by atoms with Crippen LogP contribution in [0.25, 0.3) is 0 Å². The van der Waals surface area contributed by atoms with Crippen molar-refractivity contribution in [3.8, 4) is 0 Å². The smallest absolute Gasteiger partial charge is 0.222 e. The highest BCUT2D eigenvalue weighted by Gasteiger charge is 2.26. The Balaban J connectivity index is 1.77. The summed E-state index contributed by atoms with van der Waals surface area (Å²) in [6.07, 6.45) is 11.1. The maximum Gasteiger partial charge on any atom is 0.222 e. The number of nitrogens with one attached hydrogen (secondary N) is 1. The second-order valence-corrected chi connectivity index (χ2v) is 6.29. The number of carbonyl (C=O) groups is 1. The number of rotatable bonds is 5. The van der Waals surface area contributed by atoms with E-state index in [0.717, 1.165) is 19.0 Å². The summed E-state index contributed by atoms with van der Waals surface area (Å²) < 4.78 is 4.96. The fourth-order valence-electron chi connectivity index (χ4n) is 3.57. The zero-order valence-electron chi connectivity index (χ0n) is 12.9. The summed E-state index contributed by atoms with van der Waals surface area (Å²) in [6.45, 7) is 2.78. The first-order chi connectivity index (χ1) is 9.79. The van der Waals surface area contributed by atoms with E-state index >= 15 is 0 Å². The first-order valence-corrected chi connectivity index (χ1v) is 8.32. The van der Waals surface area contributed by atoms with Crippen molar-refractivity contribution in [2.24, 2.45) is 0 Å². The van der Waals surface area contributed by atoms with Crippen LogP contribution in [-0.4, -0.2) is 49.7 Å². The lowest BCUT2D eigenvalue weighted by Crippen LogP contribution is -2.51. The number of hydrogen-bond acceptors (Lipinski definition) is 3. The number of carbonyl (C=O) groups excluding carboxylic acids is 1. The molecule has 1 atom stereocenters. The van der Waals surface area contributed by atoms with Crippen LogP contribution in [0.15, 0.2) is 0 Å². The van der Waals surface area contributed by atoms with Crippen molar-refractivity contribution in [3.05, 3.63) is 0 Å². The van der Waals surface area contributed by atoms with Gasteiger partial charge in [-0.25, -0.2) is 0 Å². The van der Waals surface area contributed by atoms with Gasteiger partial charge >= 0.3 is 0 Å². The number of methoxy groups -OCH3 is 1. The molecule has 116 valence electrons. The molecular formula is C16H30N2O2. The van der Waals surface area contributed by atoms with Gasteiger partial charge < -0.3 is 10.1 Å². The summed E-state index contributed by atoms with van der Waals surface area (Å²) >= 11 is 0. The van der Waals surface area contributed by atoms with Crippen LogP contribution in [0.5, 0.6) is 0 Å². The quantitative estimate of drug-likeness (QED) is 0.787. The average Bonchev–Trinajstić information content (AvgIpc) is 2.74. The predicted octanol–water partition coefficient (Wildman–Crippen LogP) is 2.33. The molecule has 1 aliphatic heterocycles. The van der Waals surface area contributed by atoms with Crippen molar-refractivity contribution in [2.45, 2.75) is 69.9 Å². The Kier molecular flexibility index (Phi) is 6.80. The highest BCUT2D eigenvalue weighted by Crippen LogP contribution is 2.24. The third-order valence-electron chi connectivity index (χ3n) is 4.69. The van der Waals surface area contributed by atoms with Gasteiger partial charge in [0.05, 0.1) is 6.61 Å². The first kappa shape index (κ1) is 15.8. The van der Waals surface area contributed by atoms with E-state index in [1.54, 1.807) is 7.11 Å². The Bertz CT molecular complexity index is 288. The molecule has 2 aliphatic rings. The van der Waals surface area contributed by atoms with Gasteiger partial charge in [0.1, 0.15) is 0 Å². The fourth-order valence-corrected chi connectivity index (χ4v) is 3.57. The maximum absolute atomic E-state index is 11.8. The highest BCUT2D eigenvalue weighted by molar-refractivity contribution is 5.76. The van der Waals surface area contributed by atoms with E-state index < -0.39 is 0 Å². The van der Waals surface area contributed by atoms with Gasteiger partial charge in [0, 0.05) is 32.2 Å². The van der Waals surface area contributed by atoms with E-state index in [4.69, 9.17) is 4.74 Å². The molecule has 1 saturated heterocycles. The largest absolute Gasteiger partial charge is 0.384 e. The standard InChI is InChI=1S/C16H30N2O2/c1-20-12-10-16(19)17-14-7-6-11-18(13-14)15-8-4-2-3-5-9-15/h14-15H,2-13H2,1H3,(H,17,19). The van der Waals surface area contributed by atoms with Gasteiger partial charge in [-0.15, -0.1) is 0 Å². The summed E-state index contributed by atoms with van der Waals surface area (Å²) in [5.41, 5.74) is 0. The van der Waals surface area contributed by atoms with Crippen LogP contribution in [0.1, 0.15) is 57.8 Å². The molecule has 0 aromatic carbocycles. The predicted molar refractivity (Wildman–Crippen MR) is 80.7 cm³/mol. The van der Waals surface area contributed by atoms with Gasteiger partial charge in [-0.1, -0.05) is 25.7 Å². The molecule has 1 amide bonds. The number of hydrogen-bond donors (Lipinski definition) is 1. The van der Waals surface area contributed by atoms with Crippen LogP contribution in [0.2, 0.25) is 0 Å². The summed E-state index contributed by atoms with van der Waals surface area (Å²) in [6, 6.07) is 1.10. The molecule has 0 bridgehead atoms. The minimum Gasteiger partial charge on any atom is -0.384 e. The van der Waals surface area contributed by atoms with E-state index in [2.05, 4.69) is 10.2 Å². The average molecular weight is 282 g/mol. The highest BCUT2D eigenvalue weighted by atomic mass is 16.5. The van der Waals surface area contributed by atoms with Gasteiger partial charge in [0.2, 0.25) is 5.91 Å². The van der Waals surface area contributed by atoms with E-state index in [9.17, 15) is 4.79 Å². The van der Waals surface area contributed by atoms with Crippen LogP contribution in [0.4, 0.5) is 0 Å². The third-order valence-corrected chi connectivity index (χ3v) is 4.69. The lowest BCUT2D eigenvalue weighted by Gasteiger charge is -2.38. The van der Waals surface area contributed by atoms with Crippen LogP contribution in [0, 0.1) is 0 Å². The maximum atomic E-state index is 11.8. The monoisotopic (exact) mass is 282 g/mol. The summed E-state index contributed by atoms with van der Waals surface area (Å²) in [5.74, 6) is 0.138. The molecule has 4 nitrogen and oxygen atoms in total. The molecule has 1 heterocycles. The molecular weight excluding hydrogens is 252 g/mol. The number of nitrogens with zero attached hydrogens (tertiary/aromatic N) is 1. The molecule has 2 rings (SSSR count). The van der Waals surface area contributed by atoms with Crippen molar-refractivity contribution in [1.29, 1.82) is 0 Å². The second-order valence-electron chi connectivity index (χ2n) is 6.29. The van der Waals surface area contributed by atoms with Gasteiger partial charge in [-0.3, -0.25) is 9.69 Å². The third kappa shape index (κ3) is 5.06. The molecule has 0 radical (unpaired) electrons. The number of piperidine rings is 1. The number of ether oxygens (including phenoxy) is 1. The number of amides is 1. The van der Waals surface area contributed by atoms with Gasteiger partial charge in [-0.2, -0.15) is 0 Å². The molecule has 1 saturated carbocycles. The topological polar surface area (TPSA) is 41.6 Å².